The second kappa shape index (κ2) is 4.90. The van der Waals surface area contributed by atoms with Crippen molar-refractivity contribution in [3.8, 4) is 0 Å². The number of likely N-dealkylation sites (N-methyl/N-ethyl adjacent to an activating group) is 1. The van der Waals surface area contributed by atoms with Gasteiger partial charge < -0.3 is 9.38 Å². The third-order valence-corrected chi connectivity index (χ3v) is 3.81. The van der Waals surface area contributed by atoms with Gasteiger partial charge in [-0.1, -0.05) is 0 Å². The van der Waals surface area contributed by atoms with Crippen molar-refractivity contribution < 1.29 is 9.28 Å². The Hall–Kier alpha value is -0.320. The molecule has 1 N–H and O–H groups in total. The lowest BCUT2D eigenvalue weighted by molar-refractivity contribution is -0.916. The number of halogens is 1. The number of hydrogen-bond donors (Lipinski definition) is 1. The Morgan fingerprint density at radius 2 is 1.94 bits per heavy atom. The molecule has 0 bridgehead atoms. The summed E-state index contributed by atoms with van der Waals surface area (Å²) in [6.07, 6.45) is 0. The fourth-order valence-corrected chi connectivity index (χ4v) is 2.46. The molecule has 94 valence electrons. The first-order valence-corrected chi connectivity index (χ1v) is 6.13. The molecule has 1 amide bonds. The fourth-order valence-electron chi connectivity index (χ4n) is 2.41. The zero-order valence-electron chi connectivity index (χ0n) is 10.7. The molecule has 0 aromatic heterocycles. The van der Waals surface area contributed by atoms with Gasteiger partial charge in [-0.25, -0.2) is 4.84 Å². The van der Waals surface area contributed by atoms with Crippen LogP contribution in [0.3, 0.4) is 0 Å². The predicted molar refractivity (Wildman–Crippen MR) is 66.1 cm³/mol. The first kappa shape index (κ1) is 13.7. The van der Waals surface area contributed by atoms with Crippen LogP contribution in [0.25, 0.3) is 0 Å². The van der Waals surface area contributed by atoms with Crippen LogP contribution >= 0.6 is 11.8 Å². The number of carbonyl (C=O) groups excluding carboxylic acids is 1. The molecule has 0 spiro atoms. The minimum Gasteiger partial charge on any atom is -0.332 e. The Morgan fingerprint density at radius 3 is 2.31 bits per heavy atom. The highest BCUT2D eigenvalue weighted by Gasteiger charge is 2.35. The van der Waals surface area contributed by atoms with Gasteiger partial charge in [-0.05, 0) is 25.6 Å². The van der Waals surface area contributed by atoms with Crippen LogP contribution in [0, 0.1) is 0 Å². The molecule has 1 aliphatic heterocycles. The summed E-state index contributed by atoms with van der Waals surface area (Å²) in [4.78, 5) is 16.0. The van der Waals surface area contributed by atoms with E-state index in [0.29, 0.717) is 0 Å². The number of nitrogens with zero attached hydrogens (tertiary/aromatic N) is 2. The Morgan fingerprint density at radius 1 is 1.44 bits per heavy atom. The third-order valence-electron chi connectivity index (χ3n) is 3.30. The number of hydrogen-bond acceptors (Lipinski definition) is 2. The summed E-state index contributed by atoms with van der Waals surface area (Å²) >= 11 is 5.73. The van der Waals surface area contributed by atoms with E-state index in [0.717, 1.165) is 37.2 Å². The Bertz CT molecular complexity index is 260. The number of nitrogens with one attached hydrogen (secondary N) is 1. The van der Waals surface area contributed by atoms with Crippen LogP contribution in [-0.4, -0.2) is 60.6 Å². The molecule has 16 heavy (non-hydrogen) atoms. The zero-order chi connectivity index (χ0) is 12.4. The maximum Gasteiger partial charge on any atom is 0.219 e. The lowest BCUT2D eigenvalue weighted by atomic mass is 10.0. The summed E-state index contributed by atoms with van der Waals surface area (Å²) in [6.45, 7) is 10.5. The van der Waals surface area contributed by atoms with Gasteiger partial charge in [0, 0.05) is 6.92 Å². The SMILES string of the molecule is CC(=O)N1CC[N+](C)(CC(C)(C)NCl)CC1. The lowest BCUT2D eigenvalue weighted by Crippen LogP contribution is -2.63. The smallest absolute Gasteiger partial charge is 0.219 e. The molecule has 0 aliphatic carbocycles. The van der Waals surface area contributed by atoms with Crippen molar-refractivity contribution in [2.45, 2.75) is 26.3 Å². The van der Waals surface area contributed by atoms with E-state index in [1.54, 1.807) is 6.92 Å². The molecule has 0 saturated carbocycles. The minimum atomic E-state index is -0.0747. The van der Waals surface area contributed by atoms with Gasteiger partial charge in [-0.15, -0.1) is 0 Å². The molecule has 0 aromatic carbocycles. The Kier molecular flexibility index (Phi) is 4.21. The van der Waals surface area contributed by atoms with Crippen LogP contribution in [0.2, 0.25) is 0 Å². The van der Waals surface area contributed by atoms with Gasteiger partial charge in [-0.2, -0.15) is 0 Å². The van der Waals surface area contributed by atoms with E-state index in [-0.39, 0.29) is 11.4 Å². The molecule has 1 aliphatic rings. The highest BCUT2D eigenvalue weighted by atomic mass is 35.5. The molecule has 1 heterocycles. The van der Waals surface area contributed by atoms with Gasteiger partial charge in [0.05, 0.1) is 45.3 Å². The van der Waals surface area contributed by atoms with Crippen molar-refractivity contribution >= 4 is 17.7 Å². The molecule has 4 nitrogen and oxygen atoms in total. The molecule has 0 radical (unpaired) electrons. The highest BCUT2D eigenvalue weighted by Crippen LogP contribution is 2.16. The molecule has 1 fully saturated rings. The van der Waals surface area contributed by atoms with Gasteiger partial charge in [0.2, 0.25) is 5.91 Å². The highest BCUT2D eigenvalue weighted by molar-refractivity contribution is 6.13. The van der Waals surface area contributed by atoms with Crippen LogP contribution in [0.1, 0.15) is 20.8 Å². The summed E-state index contributed by atoms with van der Waals surface area (Å²) in [5, 5.41) is 0. The molecule has 1 saturated heterocycles. The van der Waals surface area contributed by atoms with Crippen molar-refractivity contribution in [1.29, 1.82) is 0 Å². The van der Waals surface area contributed by atoms with Crippen molar-refractivity contribution in [2.24, 2.45) is 0 Å². The number of amides is 1. The quantitative estimate of drug-likeness (QED) is 0.593. The standard InChI is InChI=1S/C11H23ClN3O/c1-10(16)14-5-7-15(4,8-6-14)9-11(2,3)13-12/h13H,5-9H2,1-4H3/q+1. The molecule has 5 heteroatoms. The summed E-state index contributed by atoms with van der Waals surface area (Å²) in [7, 11) is 2.23. The van der Waals surface area contributed by atoms with Crippen molar-refractivity contribution in [3.63, 3.8) is 0 Å². The zero-order valence-corrected chi connectivity index (χ0v) is 11.5. The number of piperazine rings is 1. The van der Waals surface area contributed by atoms with Crippen molar-refractivity contribution in [2.75, 3.05) is 39.8 Å². The second-order valence-electron chi connectivity index (χ2n) is 5.71. The predicted octanol–water partition coefficient (Wildman–Crippen LogP) is 0.817. The van der Waals surface area contributed by atoms with E-state index in [2.05, 4.69) is 25.7 Å². The molecule has 0 atom stereocenters. The maximum atomic E-state index is 11.2. The van der Waals surface area contributed by atoms with Crippen LogP contribution in [0.15, 0.2) is 0 Å². The molecule has 0 unspecified atom stereocenters. The normalized spacial score (nSPS) is 20.9. The summed E-state index contributed by atoms with van der Waals surface area (Å²) in [5.41, 5.74) is -0.0747. The topological polar surface area (TPSA) is 32.3 Å². The Balaban J connectivity index is 2.53. The first-order valence-electron chi connectivity index (χ1n) is 5.75. The van der Waals surface area contributed by atoms with Crippen molar-refractivity contribution in [1.82, 2.24) is 9.74 Å². The summed E-state index contributed by atoms with van der Waals surface area (Å²) in [5.74, 6) is 0.181. The lowest BCUT2D eigenvalue weighted by Gasteiger charge is -2.45. The summed E-state index contributed by atoms with van der Waals surface area (Å²) < 4.78 is 0.969. The Labute approximate surface area is 103 Å². The second-order valence-corrected chi connectivity index (χ2v) is 5.90. The number of rotatable bonds is 3. The largest absolute Gasteiger partial charge is 0.332 e. The van der Waals surface area contributed by atoms with Crippen LogP contribution in [0.4, 0.5) is 0 Å². The summed E-state index contributed by atoms with van der Waals surface area (Å²) in [6, 6.07) is 0. The average Bonchev–Trinajstić information content (AvgIpc) is 2.17. The van der Waals surface area contributed by atoms with Gasteiger partial charge in [-0.3, -0.25) is 4.79 Å². The molecular weight excluding hydrogens is 226 g/mol. The molecular formula is C11H23ClN3O+. The van der Waals surface area contributed by atoms with E-state index >= 15 is 0 Å². The fraction of sp³-hybridized carbons (Fsp3) is 0.909. The van der Waals surface area contributed by atoms with Crippen LogP contribution in [-0.2, 0) is 4.79 Å². The third kappa shape index (κ3) is 3.61. The minimum absolute atomic E-state index is 0.0747. The first-order chi connectivity index (χ1) is 7.28. The van der Waals surface area contributed by atoms with E-state index in [4.69, 9.17) is 11.8 Å². The van der Waals surface area contributed by atoms with Gasteiger partial charge >= 0.3 is 0 Å². The average molecular weight is 249 g/mol. The van der Waals surface area contributed by atoms with E-state index in [1.807, 2.05) is 4.90 Å². The van der Waals surface area contributed by atoms with E-state index in [1.165, 1.54) is 0 Å². The van der Waals surface area contributed by atoms with Gasteiger partial charge in [0.15, 0.2) is 0 Å². The monoisotopic (exact) mass is 248 g/mol. The van der Waals surface area contributed by atoms with Gasteiger partial charge in [0.1, 0.15) is 0 Å². The van der Waals surface area contributed by atoms with Crippen molar-refractivity contribution in [3.05, 3.63) is 0 Å². The number of carbonyl (C=O) groups is 1. The van der Waals surface area contributed by atoms with E-state index in [9.17, 15) is 4.79 Å². The van der Waals surface area contributed by atoms with Crippen LogP contribution in [0.5, 0.6) is 0 Å². The van der Waals surface area contributed by atoms with E-state index < -0.39 is 0 Å². The maximum absolute atomic E-state index is 11.2. The molecule has 1 rings (SSSR count). The molecule has 0 aromatic rings. The van der Waals surface area contributed by atoms with Gasteiger partial charge in [0.25, 0.3) is 0 Å². The number of quaternary nitrogens is 1. The van der Waals surface area contributed by atoms with Crippen LogP contribution < -0.4 is 4.84 Å².